The molecule has 166 valence electrons. The van der Waals surface area contributed by atoms with Crippen molar-refractivity contribution in [2.45, 2.75) is 38.8 Å². The lowest BCUT2D eigenvalue weighted by Gasteiger charge is -2.22. The van der Waals surface area contributed by atoms with Gasteiger partial charge in [-0.2, -0.15) is 0 Å². The number of fused-ring (bicyclic) bond motifs is 1. The van der Waals surface area contributed by atoms with E-state index < -0.39 is 7.60 Å². The summed E-state index contributed by atoms with van der Waals surface area (Å²) < 4.78 is 29.6. The van der Waals surface area contributed by atoms with Crippen LogP contribution in [0, 0.1) is 13.8 Å². The van der Waals surface area contributed by atoms with E-state index in [4.69, 9.17) is 13.5 Å². The molecule has 0 saturated heterocycles. The van der Waals surface area contributed by atoms with Gasteiger partial charge >= 0.3 is 7.60 Å². The Balaban J connectivity index is 2.14. The molecule has 8 heteroatoms. The van der Waals surface area contributed by atoms with E-state index in [2.05, 4.69) is 5.32 Å². The highest BCUT2D eigenvalue weighted by Crippen LogP contribution is 2.47. The highest BCUT2D eigenvalue weighted by molar-refractivity contribution is 7.99. The van der Waals surface area contributed by atoms with Crippen LogP contribution in [0.2, 0.25) is 0 Å². The van der Waals surface area contributed by atoms with Gasteiger partial charge in [0.2, 0.25) is 0 Å². The molecular weight excluding hydrogens is 433 g/mol. The van der Waals surface area contributed by atoms with Crippen LogP contribution in [0.4, 0.5) is 5.69 Å². The Morgan fingerprint density at radius 3 is 2.48 bits per heavy atom. The Hall–Kier alpha value is -2.05. The lowest BCUT2D eigenvalue weighted by Crippen LogP contribution is -2.18. The van der Waals surface area contributed by atoms with Gasteiger partial charge < -0.3 is 18.8 Å². The molecule has 1 heterocycles. The van der Waals surface area contributed by atoms with E-state index in [0.29, 0.717) is 32.6 Å². The van der Waals surface area contributed by atoms with Crippen molar-refractivity contribution in [3.8, 4) is 0 Å². The van der Waals surface area contributed by atoms with Gasteiger partial charge in [0.25, 0.3) is 0 Å². The summed E-state index contributed by atoms with van der Waals surface area (Å²) in [5, 5.41) is 5.06. The molecule has 31 heavy (non-hydrogen) atoms. The van der Waals surface area contributed by atoms with Crippen LogP contribution in [0.3, 0.4) is 0 Å². The first-order valence-corrected chi connectivity index (χ1v) is 12.6. The first-order chi connectivity index (χ1) is 14.8. The molecule has 6 nitrogen and oxygen atoms in total. The van der Waals surface area contributed by atoms with Crippen molar-refractivity contribution in [3.05, 3.63) is 63.3 Å². The van der Waals surface area contributed by atoms with Crippen LogP contribution in [0.5, 0.6) is 0 Å². The van der Waals surface area contributed by atoms with E-state index in [-0.39, 0.29) is 11.5 Å². The topological polar surface area (TPSA) is 77.8 Å². The van der Waals surface area contributed by atoms with Crippen molar-refractivity contribution >= 4 is 41.3 Å². The molecule has 0 aliphatic heterocycles. The number of hydrogen-bond acceptors (Lipinski definition) is 7. The maximum Gasteiger partial charge on any atom is 0.362 e. The van der Waals surface area contributed by atoms with Crippen LogP contribution in [-0.2, 0) is 13.6 Å². The highest BCUT2D eigenvalue weighted by atomic mass is 32.2. The average molecular weight is 462 g/mol. The van der Waals surface area contributed by atoms with E-state index >= 15 is 0 Å². The van der Waals surface area contributed by atoms with Crippen LogP contribution < -0.4 is 16.1 Å². The van der Waals surface area contributed by atoms with Gasteiger partial charge in [-0.1, -0.05) is 36.9 Å². The number of para-hydroxylation sites is 1. The van der Waals surface area contributed by atoms with Gasteiger partial charge in [-0.05, 0) is 50.3 Å². The fourth-order valence-corrected chi connectivity index (χ4v) is 5.51. The molecule has 0 spiro atoms. The summed E-state index contributed by atoms with van der Waals surface area (Å²) >= 11 is 1.51. The van der Waals surface area contributed by atoms with Crippen molar-refractivity contribution < 1.29 is 18.0 Å². The van der Waals surface area contributed by atoms with Crippen molar-refractivity contribution in [1.82, 2.24) is 0 Å². The number of hydrogen-bond donors (Lipinski definition) is 1. The summed E-state index contributed by atoms with van der Waals surface area (Å²) in [6.07, 6.45) is 0. The first kappa shape index (κ1) is 23.6. The van der Waals surface area contributed by atoms with E-state index in [1.807, 2.05) is 45.0 Å². The Morgan fingerprint density at radius 1 is 1.16 bits per heavy atom. The fourth-order valence-electron chi connectivity index (χ4n) is 3.55. The molecule has 1 atom stereocenters. The highest BCUT2D eigenvalue weighted by Gasteiger charge is 2.28. The van der Waals surface area contributed by atoms with Gasteiger partial charge in [-0.25, -0.2) is 0 Å². The van der Waals surface area contributed by atoms with Crippen molar-refractivity contribution in [3.63, 3.8) is 0 Å². The molecule has 0 aliphatic carbocycles. The summed E-state index contributed by atoms with van der Waals surface area (Å²) in [7, 11) is -0.720. The molecule has 0 aliphatic rings. The first-order valence-electron chi connectivity index (χ1n) is 10.0. The summed E-state index contributed by atoms with van der Waals surface area (Å²) in [4.78, 5) is 13.0. The third-order valence-electron chi connectivity index (χ3n) is 5.14. The van der Waals surface area contributed by atoms with Crippen LogP contribution >= 0.6 is 19.4 Å². The third-order valence-corrected chi connectivity index (χ3v) is 8.02. The van der Waals surface area contributed by atoms with E-state index in [0.717, 1.165) is 16.9 Å². The summed E-state index contributed by atoms with van der Waals surface area (Å²) in [6.45, 7) is 7.75. The maximum atomic E-state index is 13.0. The zero-order valence-corrected chi connectivity index (χ0v) is 20.4. The SMILES string of the molecule is CCSc1oc2c([C@@H](C)Nc3ccccc3P(=O)(OC)OC)cc(C)cc2c(=O)c1C. The second-order valence-corrected chi connectivity index (χ2v) is 10.7. The van der Waals surface area contributed by atoms with E-state index in [9.17, 15) is 9.36 Å². The van der Waals surface area contributed by atoms with Crippen molar-refractivity contribution in [2.75, 3.05) is 25.3 Å². The minimum Gasteiger partial charge on any atom is -0.449 e. The quantitative estimate of drug-likeness (QED) is 0.335. The van der Waals surface area contributed by atoms with Gasteiger partial charge in [-0.15, -0.1) is 0 Å². The molecule has 0 bridgehead atoms. The summed E-state index contributed by atoms with van der Waals surface area (Å²) in [5.74, 6) is 0.807. The average Bonchev–Trinajstić information content (AvgIpc) is 2.77. The van der Waals surface area contributed by atoms with Gasteiger partial charge in [0, 0.05) is 25.3 Å². The summed E-state index contributed by atoms with van der Waals surface area (Å²) in [5.41, 5.74) is 3.63. The number of rotatable bonds is 8. The van der Waals surface area contributed by atoms with Gasteiger partial charge in [0.15, 0.2) is 10.5 Å². The van der Waals surface area contributed by atoms with Gasteiger partial charge in [0.05, 0.1) is 22.4 Å². The molecule has 1 N–H and O–H groups in total. The Morgan fingerprint density at radius 2 is 1.84 bits per heavy atom. The Labute approximate surface area is 186 Å². The number of aryl methyl sites for hydroxylation is 1. The van der Waals surface area contributed by atoms with E-state index in [1.165, 1.54) is 26.0 Å². The molecule has 0 saturated carbocycles. The minimum atomic E-state index is -3.45. The molecule has 0 fully saturated rings. The molecule has 1 aromatic heterocycles. The molecule has 3 rings (SSSR count). The lowest BCUT2D eigenvalue weighted by molar-refractivity contribution is 0.287. The largest absolute Gasteiger partial charge is 0.449 e. The monoisotopic (exact) mass is 461 g/mol. The molecule has 0 amide bonds. The van der Waals surface area contributed by atoms with E-state index in [1.54, 1.807) is 19.1 Å². The number of thioether (sulfide) groups is 1. The Bertz CT molecular complexity index is 1200. The molecule has 0 radical (unpaired) electrons. The third kappa shape index (κ3) is 4.60. The molecular formula is C23H28NO5PS. The smallest absolute Gasteiger partial charge is 0.362 e. The molecule has 3 aromatic rings. The number of anilines is 1. The predicted octanol–water partition coefficient (Wildman–Crippen LogP) is 5.81. The van der Waals surface area contributed by atoms with Crippen LogP contribution in [-0.4, -0.2) is 20.0 Å². The fraction of sp³-hybridized carbons (Fsp3) is 0.348. The normalized spacial score (nSPS) is 12.8. The second kappa shape index (κ2) is 9.61. The standard InChI is InChI=1S/C23H28NO5PS/c1-7-31-23-15(3)21(25)18-13-14(2)12-17(22(18)29-23)16(4)24-19-10-8-9-11-20(19)30(26,27-5)28-6/h8-13,16,24H,7H2,1-6H3/t16-/m1/s1. The van der Waals surface area contributed by atoms with Crippen LogP contribution in [0.1, 0.15) is 36.6 Å². The molecule has 2 aromatic carbocycles. The lowest BCUT2D eigenvalue weighted by atomic mass is 10.0. The van der Waals surface area contributed by atoms with Crippen LogP contribution in [0.15, 0.2) is 50.7 Å². The van der Waals surface area contributed by atoms with Gasteiger partial charge in [0.1, 0.15) is 5.58 Å². The predicted molar refractivity (Wildman–Crippen MR) is 128 cm³/mol. The Kier molecular flexibility index (Phi) is 7.32. The second-order valence-electron chi connectivity index (χ2n) is 7.25. The van der Waals surface area contributed by atoms with Crippen molar-refractivity contribution in [2.24, 2.45) is 0 Å². The van der Waals surface area contributed by atoms with Gasteiger partial charge in [-0.3, -0.25) is 9.36 Å². The number of benzene rings is 2. The maximum absolute atomic E-state index is 13.0. The summed E-state index contributed by atoms with van der Waals surface area (Å²) in [6, 6.07) is 10.8. The number of nitrogens with one attached hydrogen (secondary N) is 1. The zero-order valence-electron chi connectivity index (χ0n) is 18.6. The molecule has 0 unspecified atom stereocenters. The van der Waals surface area contributed by atoms with Crippen LogP contribution in [0.25, 0.3) is 11.0 Å². The minimum absolute atomic E-state index is 0.0157. The van der Waals surface area contributed by atoms with Crippen molar-refractivity contribution in [1.29, 1.82) is 0 Å². The zero-order chi connectivity index (χ0) is 22.8.